The minimum absolute atomic E-state index is 0.0142. The number of nitrogens with one attached hydrogen (secondary N) is 1. The lowest BCUT2D eigenvalue weighted by Crippen LogP contribution is -2.02. The van der Waals surface area contributed by atoms with E-state index in [2.05, 4.69) is 29.1 Å². The van der Waals surface area contributed by atoms with Gasteiger partial charge in [0.2, 0.25) is 0 Å². The summed E-state index contributed by atoms with van der Waals surface area (Å²) in [6.07, 6.45) is 0.569. The first-order chi connectivity index (χ1) is 12.8. The van der Waals surface area contributed by atoms with E-state index >= 15 is 0 Å². The topological polar surface area (TPSA) is 46.5 Å². The van der Waals surface area contributed by atoms with Crippen LogP contribution < -0.4 is 0 Å². The molecule has 1 N–H and O–H groups in total. The van der Waals surface area contributed by atoms with Crippen molar-refractivity contribution in [3.8, 4) is 0 Å². The van der Waals surface area contributed by atoms with Crippen LogP contribution in [0.25, 0.3) is 21.8 Å². The van der Waals surface area contributed by atoms with Crippen molar-refractivity contribution in [2.45, 2.75) is 39.0 Å². The van der Waals surface area contributed by atoms with Gasteiger partial charge in [-0.2, -0.15) is 10.2 Å². The molecule has 2 heterocycles. The molecule has 27 heavy (non-hydrogen) atoms. The van der Waals surface area contributed by atoms with Crippen LogP contribution in [-0.2, 0) is 13.5 Å². The minimum atomic E-state index is -0.286. The average Bonchev–Trinajstić information content (AvgIpc) is 3.16. The Hall–Kier alpha value is -2.76. The minimum Gasteiger partial charge on any atom is -0.281 e. The lowest BCUT2D eigenvalue weighted by molar-refractivity contribution is 0.624. The van der Waals surface area contributed by atoms with Crippen LogP contribution in [0.1, 0.15) is 49.6 Å². The highest BCUT2D eigenvalue weighted by atomic mass is 19.1. The van der Waals surface area contributed by atoms with Crippen LogP contribution in [0.2, 0.25) is 0 Å². The zero-order valence-electron chi connectivity index (χ0n) is 15.8. The van der Waals surface area contributed by atoms with E-state index in [9.17, 15) is 8.78 Å². The molecule has 0 aliphatic carbocycles. The van der Waals surface area contributed by atoms with Crippen molar-refractivity contribution >= 4 is 21.8 Å². The van der Waals surface area contributed by atoms with Crippen LogP contribution in [0.4, 0.5) is 8.78 Å². The van der Waals surface area contributed by atoms with Gasteiger partial charge >= 0.3 is 0 Å². The fourth-order valence-electron chi connectivity index (χ4n) is 3.82. The summed E-state index contributed by atoms with van der Waals surface area (Å²) in [5, 5.41) is 13.7. The Morgan fingerprint density at radius 3 is 2.52 bits per heavy atom. The van der Waals surface area contributed by atoms with Crippen molar-refractivity contribution in [1.29, 1.82) is 0 Å². The summed E-state index contributed by atoms with van der Waals surface area (Å²) in [7, 11) is 1.85. The van der Waals surface area contributed by atoms with Gasteiger partial charge in [0.05, 0.1) is 16.7 Å². The zero-order valence-corrected chi connectivity index (χ0v) is 15.8. The first-order valence-corrected chi connectivity index (χ1v) is 9.13. The molecule has 0 aliphatic heterocycles. The van der Waals surface area contributed by atoms with E-state index < -0.39 is 0 Å². The number of H-pyrrole nitrogens is 1. The Morgan fingerprint density at radius 1 is 1.04 bits per heavy atom. The number of halogens is 2. The third kappa shape index (κ3) is 2.99. The summed E-state index contributed by atoms with van der Waals surface area (Å²) in [5.74, 6) is -0.347. The van der Waals surface area contributed by atoms with Gasteiger partial charge in [-0.1, -0.05) is 20.8 Å². The predicted molar refractivity (Wildman–Crippen MR) is 103 cm³/mol. The van der Waals surface area contributed by atoms with Crippen LogP contribution in [0.15, 0.2) is 30.3 Å². The molecule has 0 saturated heterocycles. The van der Waals surface area contributed by atoms with Crippen LogP contribution in [0.3, 0.4) is 0 Å². The molecular formula is C21H22F2N4. The number of fused-ring (bicyclic) bond motifs is 2. The Kier molecular flexibility index (Phi) is 4.21. The fraction of sp³-hybridized carbons (Fsp3) is 0.333. The van der Waals surface area contributed by atoms with E-state index in [4.69, 9.17) is 0 Å². The summed E-state index contributed by atoms with van der Waals surface area (Å²) < 4.78 is 29.8. The maximum atomic E-state index is 14.3. The number of aryl methyl sites for hydroxylation is 1. The van der Waals surface area contributed by atoms with Gasteiger partial charge < -0.3 is 0 Å². The second kappa shape index (κ2) is 6.44. The molecule has 1 atom stereocenters. The third-order valence-corrected chi connectivity index (χ3v) is 5.14. The van der Waals surface area contributed by atoms with E-state index in [1.165, 1.54) is 24.3 Å². The number of benzene rings is 2. The van der Waals surface area contributed by atoms with Gasteiger partial charge in [-0.25, -0.2) is 8.78 Å². The molecule has 0 amide bonds. The molecule has 0 aliphatic rings. The van der Waals surface area contributed by atoms with Crippen LogP contribution in [0, 0.1) is 11.6 Å². The number of hydrogen-bond acceptors (Lipinski definition) is 2. The van der Waals surface area contributed by atoms with Crippen molar-refractivity contribution in [1.82, 2.24) is 20.0 Å². The number of aromatic nitrogens is 4. The molecule has 4 nitrogen and oxygen atoms in total. The van der Waals surface area contributed by atoms with Crippen molar-refractivity contribution in [3.63, 3.8) is 0 Å². The van der Waals surface area contributed by atoms with E-state index in [0.717, 1.165) is 38.8 Å². The van der Waals surface area contributed by atoms with E-state index in [1.807, 2.05) is 14.0 Å². The number of hydrogen-bond donors (Lipinski definition) is 1. The van der Waals surface area contributed by atoms with Gasteiger partial charge in [0, 0.05) is 29.4 Å². The fourth-order valence-corrected chi connectivity index (χ4v) is 3.82. The largest absolute Gasteiger partial charge is 0.281 e. The molecule has 0 radical (unpaired) electrons. The lowest BCUT2D eigenvalue weighted by Gasteiger charge is -2.11. The first kappa shape index (κ1) is 17.6. The number of aromatic amines is 1. The van der Waals surface area contributed by atoms with Gasteiger partial charge in [0.15, 0.2) is 0 Å². The maximum absolute atomic E-state index is 14.3. The molecule has 0 spiro atoms. The predicted octanol–water partition coefficient (Wildman–Crippen LogP) is 5.20. The smallest absolute Gasteiger partial charge is 0.124 e. The highest BCUT2D eigenvalue weighted by molar-refractivity contribution is 5.85. The van der Waals surface area contributed by atoms with Crippen molar-refractivity contribution in [3.05, 3.63) is 58.9 Å². The molecule has 4 aromatic rings. The van der Waals surface area contributed by atoms with E-state index in [-0.39, 0.29) is 23.5 Å². The van der Waals surface area contributed by atoms with E-state index in [1.54, 1.807) is 10.7 Å². The molecule has 4 rings (SSSR count). The standard InChI is InChI=1S/C21H22F2N4/c1-11(2)19-17-10-15(23)8-13(21(17)25-24-19)7-12(3)20-16-9-14(22)5-6-18(16)27(4)26-20/h5-6,8-12H,7H2,1-4H3,(H,24,25). The normalized spacial score (nSPS) is 13.1. The van der Waals surface area contributed by atoms with Crippen LogP contribution >= 0.6 is 0 Å². The van der Waals surface area contributed by atoms with Crippen LogP contribution in [0.5, 0.6) is 0 Å². The highest BCUT2D eigenvalue weighted by Crippen LogP contribution is 2.32. The highest BCUT2D eigenvalue weighted by Gasteiger charge is 2.20. The maximum Gasteiger partial charge on any atom is 0.124 e. The van der Waals surface area contributed by atoms with Gasteiger partial charge in [-0.05, 0) is 48.2 Å². The van der Waals surface area contributed by atoms with Gasteiger partial charge in [-0.3, -0.25) is 9.78 Å². The Morgan fingerprint density at radius 2 is 1.78 bits per heavy atom. The van der Waals surface area contributed by atoms with Gasteiger partial charge in [-0.15, -0.1) is 0 Å². The van der Waals surface area contributed by atoms with Crippen molar-refractivity contribution in [2.75, 3.05) is 0 Å². The molecular weight excluding hydrogens is 346 g/mol. The molecule has 0 fully saturated rings. The molecule has 6 heteroatoms. The Bertz CT molecular complexity index is 1140. The van der Waals surface area contributed by atoms with Crippen molar-refractivity contribution in [2.24, 2.45) is 7.05 Å². The second-order valence-corrected chi connectivity index (χ2v) is 7.53. The molecule has 1 unspecified atom stereocenters. The summed E-state index contributed by atoms with van der Waals surface area (Å²) >= 11 is 0. The second-order valence-electron chi connectivity index (χ2n) is 7.53. The summed E-state index contributed by atoms with van der Waals surface area (Å²) in [6, 6.07) is 7.76. The molecule has 0 bridgehead atoms. The zero-order chi connectivity index (χ0) is 19.3. The Balaban J connectivity index is 1.78. The summed E-state index contributed by atoms with van der Waals surface area (Å²) in [5.41, 5.74) is 4.24. The third-order valence-electron chi connectivity index (χ3n) is 5.14. The van der Waals surface area contributed by atoms with E-state index in [0.29, 0.717) is 6.42 Å². The quantitative estimate of drug-likeness (QED) is 0.538. The van der Waals surface area contributed by atoms with Gasteiger partial charge in [0.25, 0.3) is 0 Å². The molecule has 2 aromatic heterocycles. The summed E-state index contributed by atoms with van der Waals surface area (Å²) in [4.78, 5) is 0. The first-order valence-electron chi connectivity index (χ1n) is 9.13. The van der Waals surface area contributed by atoms with Gasteiger partial charge in [0.1, 0.15) is 11.6 Å². The summed E-state index contributed by atoms with van der Waals surface area (Å²) in [6.45, 7) is 6.13. The van der Waals surface area contributed by atoms with Crippen LogP contribution in [-0.4, -0.2) is 20.0 Å². The SMILES string of the molecule is CC(C)c1[nH]nc2c(CC(C)c3nn(C)c4ccc(F)cc34)cc(F)cc12. The molecule has 0 saturated carbocycles. The molecule has 2 aromatic carbocycles. The number of rotatable bonds is 4. The average molecular weight is 368 g/mol. The number of nitrogens with zero attached hydrogens (tertiary/aromatic N) is 3. The lowest BCUT2D eigenvalue weighted by atomic mass is 9.93. The monoisotopic (exact) mass is 368 g/mol. The molecule has 140 valence electrons. The van der Waals surface area contributed by atoms with Crippen molar-refractivity contribution < 1.29 is 8.78 Å². The Labute approximate surface area is 156 Å².